The third-order valence-electron chi connectivity index (χ3n) is 3.93. The van der Waals surface area contributed by atoms with Crippen molar-refractivity contribution in [3.05, 3.63) is 34.6 Å². The molecule has 1 aliphatic heterocycles. The van der Waals surface area contributed by atoms with Crippen molar-refractivity contribution in [2.24, 2.45) is 11.8 Å². The molecule has 1 N–H and O–H groups in total. The average molecular weight is 244 g/mol. The molecule has 4 atom stereocenters. The smallest absolute Gasteiger partial charge is 0.142 e. The topological polar surface area (TPSA) is 12.0 Å². The first-order valence-corrected chi connectivity index (χ1v) is 5.77. The maximum Gasteiger partial charge on any atom is 0.142 e. The van der Waals surface area contributed by atoms with Crippen LogP contribution in [0.5, 0.6) is 0 Å². The SMILES string of the molecule is CC1(F)C2CNC(c3cccc(F)c3Cl)C21. The fourth-order valence-electron chi connectivity index (χ4n) is 2.93. The van der Waals surface area contributed by atoms with Gasteiger partial charge in [0.05, 0.1) is 5.02 Å². The van der Waals surface area contributed by atoms with E-state index in [0.717, 1.165) is 0 Å². The summed E-state index contributed by atoms with van der Waals surface area (Å²) in [7, 11) is 0. The minimum absolute atomic E-state index is 0.0526. The van der Waals surface area contributed by atoms with Crippen molar-refractivity contribution in [1.29, 1.82) is 0 Å². The zero-order valence-electron chi connectivity index (χ0n) is 8.81. The fraction of sp³-hybridized carbons (Fsp3) is 0.500. The summed E-state index contributed by atoms with van der Waals surface area (Å²) >= 11 is 5.91. The second-order valence-electron chi connectivity index (χ2n) is 4.81. The highest BCUT2D eigenvalue weighted by atomic mass is 35.5. The molecule has 0 bridgehead atoms. The molecule has 1 aromatic rings. The highest BCUT2D eigenvalue weighted by Crippen LogP contribution is 2.62. The number of fused-ring (bicyclic) bond motifs is 1. The predicted molar refractivity (Wildman–Crippen MR) is 58.6 cm³/mol. The van der Waals surface area contributed by atoms with Gasteiger partial charge in [-0.05, 0) is 18.6 Å². The Labute approximate surface area is 97.8 Å². The summed E-state index contributed by atoms with van der Waals surface area (Å²) in [6.45, 7) is 2.26. The number of piperidine rings is 1. The number of alkyl halides is 1. The van der Waals surface area contributed by atoms with E-state index in [-0.39, 0.29) is 22.9 Å². The van der Waals surface area contributed by atoms with E-state index < -0.39 is 11.5 Å². The van der Waals surface area contributed by atoms with Crippen molar-refractivity contribution in [2.75, 3.05) is 6.54 Å². The minimum Gasteiger partial charge on any atom is -0.309 e. The van der Waals surface area contributed by atoms with Gasteiger partial charge in [-0.25, -0.2) is 8.78 Å². The molecule has 1 aromatic carbocycles. The Morgan fingerprint density at radius 1 is 1.50 bits per heavy atom. The molecule has 1 saturated carbocycles. The zero-order valence-corrected chi connectivity index (χ0v) is 9.56. The van der Waals surface area contributed by atoms with Crippen LogP contribution in [0.2, 0.25) is 5.02 Å². The summed E-state index contributed by atoms with van der Waals surface area (Å²) in [5, 5.41) is 3.32. The normalized spacial score (nSPS) is 40.9. The van der Waals surface area contributed by atoms with Crippen LogP contribution in [0.4, 0.5) is 8.78 Å². The quantitative estimate of drug-likeness (QED) is 0.799. The zero-order chi connectivity index (χ0) is 11.5. The van der Waals surface area contributed by atoms with Crippen molar-refractivity contribution < 1.29 is 8.78 Å². The van der Waals surface area contributed by atoms with Crippen LogP contribution >= 0.6 is 11.6 Å². The average Bonchev–Trinajstić information content (AvgIpc) is 2.65. The van der Waals surface area contributed by atoms with Gasteiger partial charge in [0, 0.05) is 24.4 Å². The molecule has 0 aromatic heterocycles. The van der Waals surface area contributed by atoms with Crippen LogP contribution in [-0.4, -0.2) is 12.2 Å². The van der Waals surface area contributed by atoms with Gasteiger partial charge in [-0.15, -0.1) is 0 Å². The lowest BCUT2D eigenvalue weighted by Crippen LogP contribution is -2.25. The Balaban J connectivity index is 1.97. The maximum absolute atomic E-state index is 13.9. The van der Waals surface area contributed by atoms with Gasteiger partial charge in [0.1, 0.15) is 11.5 Å². The number of nitrogens with one attached hydrogen (secondary N) is 1. The van der Waals surface area contributed by atoms with E-state index in [1.54, 1.807) is 19.1 Å². The summed E-state index contributed by atoms with van der Waals surface area (Å²) in [5.74, 6) is -0.450. The minimum atomic E-state index is -1.12. The molecule has 1 aliphatic carbocycles. The Morgan fingerprint density at radius 2 is 2.25 bits per heavy atom. The first-order chi connectivity index (χ1) is 7.53. The number of benzene rings is 1. The molecular formula is C12H12ClF2N. The summed E-state index contributed by atoms with van der Waals surface area (Å²) in [6.07, 6.45) is 0. The predicted octanol–water partition coefficient (Wildman–Crippen LogP) is 3.10. The van der Waals surface area contributed by atoms with Crippen molar-refractivity contribution in [3.63, 3.8) is 0 Å². The van der Waals surface area contributed by atoms with Gasteiger partial charge in [-0.3, -0.25) is 0 Å². The third-order valence-corrected chi connectivity index (χ3v) is 4.33. The molecule has 3 rings (SSSR count). The molecule has 1 heterocycles. The summed E-state index contributed by atoms with van der Waals surface area (Å²) in [4.78, 5) is 0. The first-order valence-electron chi connectivity index (χ1n) is 5.39. The molecule has 16 heavy (non-hydrogen) atoms. The van der Waals surface area contributed by atoms with Crippen molar-refractivity contribution in [1.82, 2.24) is 5.32 Å². The van der Waals surface area contributed by atoms with Gasteiger partial charge in [0.25, 0.3) is 0 Å². The first kappa shape index (κ1) is 10.5. The standard InChI is InChI=1S/C12H12ClF2N/c1-12(15)7-5-16-11(9(7)12)6-3-2-4-8(14)10(6)13/h2-4,7,9,11,16H,5H2,1H3. The van der Waals surface area contributed by atoms with Crippen molar-refractivity contribution in [2.45, 2.75) is 18.6 Å². The number of halogens is 3. The lowest BCUT2D eigenvalue weighted by molar-refractivity contribution is 0.253. The lowest BCUT2D eigenvalue weighted by atomic mass is 10.0. The third kappa shape index (κ3) is 1.25. The lowest BCUT2D eigenvalue weighted by Gasteiger charge is -2.18. The Kier molecular flexibility index (Phi) is 2.08. The largest absolute Gasteiger partial charge is 0.309 e. The molecule has 86 valence electrons. The van der Waals surface area contributed by atoms with Gasteiger partial charge in [0.2, 0.25) is 0 Å². The van der Waals surface area contributed by atoms with Crippen LogP contribution in [0.15, 0.2) is 18.2 Å². The Morgan fingerprint density at radius 3 is 2.88 bits per heavy atom. The maximum atomic E-state index is 13.9. The second-order valence-corrected chi connectivity index (χ2v) is 5.19. The van der Waals surface area contributed by atoms with E-state index in [1.165, 1.54) is 6.07 Å². The molecule has 0 radical (unpaired) electrons. The van der Waals surface area contributed by atoms with E-state index in [4.69, 9.17) is 11.6 Å². The van der Waals surface area contributed by atoms with E-state index in [2.05, 4.69) is 5.32 Å². The number of hydrogen-bond acceptors (Lipinski definition) is 1. The van der Waals surface area contributed by atoms with Gasteiger partial charge < -0.3 is 5.32 Å². The number of rotatable bonds is 1. The highest BCUT2D eigenvalue weighted by Gasteiger charge is 2.68. The Bertz CT molecular complexity index is 447. The molecule has 2 aliphatic rings. The van der Waals surface area contributed by atoms with Crippen LogP contribution in [0, 0.1) is 17.7 Å². The summed E-state index contributed by atoms with van der Waals surface area (Å²) in [5.41, 5.74) is -0.443. The van der Waals surface area contributed by atoms with Crippen LogP contribution in [0.25, 0.3) is 0 Å². The second kappa shape index (κ2) is 3.17. The van der Waals surface area contributed by atoms with Gasteiger partial charge in [0.15, 0.2) is 0 Å². The monoisotopic (exact) mass is 243 g/mol. The van der Waals surface area contributed by atoms with Crippen LogP contribution in [0.3, 0.4) is 0 Å². The van der Waals surface area contributed by atoms with Gasteiger partial charge in [-0.1, -0.05) is 23.7 Å². The molecule has 0 amide bonds. The molecular weight excluding hydrogens is 232 g/mol. The Hall–Kier alpha value is -0.670. The van der Waals surface area contributed by atoms with E-state index in [1.807, 2.05) is 0 Å². The van der Waals surface area contributed by atoms with E-state index in [0.29, 0.717) is 12.1 Å². The van der Waals surface area contributed by atoms with Crippen LogP contribution < -0.4 is 5.32 Å². The van der Waals surface area contributed by atoms with E-state index >= 15 is 0 Å². The molecule has 2 fully saturated rings. The number of hydrogen-bond donors (Lipinski definition) is 1. The van der Waals surface area contributed by atoms with Gasteiger partial charge in [-0.2, -0.15) is 0 Å². The molecule has 4 unspecified atom stereocenters. The van der Waals surface area contributed by atoms with Crippen LogP contribution in [0.1, 0.15) is 18.5 Å². The van der Waals surface area contributed by atoms with Crippen LogP contribution in [-0.2, 0) is 0 Å². The highest BCUT2D eigenvalue weighted by molar-refractivity contribution is 6.31. The molecule has 1 nitrogen and oxygen atoms in total. The summed E-state index contributed by atoms with van der Waals surface area (Å²) in [6, 6.07) is 4.55. The molecule has 4 heteroatoms. The molecule has 1 saturated heterocycles. The van der Waals surface area contributed by atoms with Crippen molar-refractivity contribution in [3.8, 4) is 0 Å². The van der Waals surface area contributed by atoms with Gasteiger partial charge >= 0.3 is 0 Å². The molecule has 0 spiro atoms. The van der Waals surface area contributed by atoms with E-state index in [9.17, 15) is 8.78 Å². The fourth-order valence-corrected chi connectivity index (χ4v) is 3.17. The van der Waals surface area contributed by atoms with Crippen molar-refractivity contribution >= 4 is 11.6 Å². The summed E-state index contributed by atoms with van der Waals surface area (Å²) < 4.78 is 27.2.